The van der Waals surface area contributed by atoms with Crippen LogP contribution in [0.25, 0.3) is 0 Å². The van der Waals surface area contributed by atoms with Gasteiger partial charge < -0.3 is 5.32 Å². The Morgan fingerprint density at radius 1 is 1.15 bits per heavy atom. The molecule has 0 saturated carbocycles. The molecule has 0 bridgehead atoms. The summed E-state index contributed by atoms with van der Waals surface area (Å²) in [5.74, 6) is -2.43. The van der Waals surface area contributed by atoms with Gasteiger partial charge in [-0.2, -0.15) is 0 Å². The molecule has 0 radical (unpaired) electrons. The van der Waals surface area contributed by atoms with E-state index in [2.05, 4.69) is 10.3 Å². The highest BCUT2D eigenvalue weighted by Gasteiger charge is 2.19. The van der Waals surface area contributed by atoms with Crippen LogP contribution in [0.4, 0.5) is 14.5 Å². The molecule has 9 heteroatoms. The summed E-state index contributed by atoms with van der Waals surface area (Å²) in [7, 11) is -3.70. The van der Waals surface area contributed by atoms with Crippen LogP contribution in [0, 0.1) is 11.6 Å². The molecule has 2 rings (SSSR count). The maximum Gasteiger partial charge on any atom is 0.232 e. The lowest BCUT2D eigenvalue weighted by Gasteiger charge is -2.22. The first kappa shape index (κ1) is 19.8. The van der Waals surface area contributed by atoms with Gasteiger partial charge in [-0.05, 0) is 36.2 Å². The van der Waals surface area contributed by atoms with Crippen LogP contribution >= 0.6 is 0 Å². The second kappa shape index (κ2) is 8.70. The molecule has 0 unspecified atom stereocenters. The van der Waals surface area contributed by atoms with Crippen LogP contribution in [0.5, 0.6) is 0 Å². The molecule has 1 aromatic heterocycles. The van der Waals surface area contributed by atoms with Gasteiger partial charge in [0.1, 0.15) is 0 Å². The van der Waals surface area contributed by atoms with Crippen molar-refractivity contribution in [3.8, 4) is 0 Å². The molecule has 0 aliphatic carbocycles. The van der Waals surface area contributed by atoms with Crippen molar-refractivity contribution in [2.45, 2.75) is 19.4 Å². The summed E-state index contributed by atoms with van der Waals surface area (Å²) in [6.45, 7) is 0.326. The van der Waals surface area contributed by atoms with Crippen LogP contribution in [-0.2, 0) is 21.4 Å². The molecule has 0 aliphatic heterocycles. The molecule has 1 amide bonds. The Bertz CT molecular complexity index is 861. The molecule has 140 valence electrons. The van der Waals surface area contributed by atoms with Gasteiger partial charge in [0, 0.05) is 38.0 Å². The normalized spacial score (nSPS) is 11.2. The Kier molecular flexibility index (Phi) is 6.62. The molecule has 0 saturated heterocycles. The van der Waals surface area contributed by atoms with Gasteiger partial charge in [0.2, 0.25) is 15.9 Å². The fourth-order valence-corrected chi connectivity index (χ4v) is 3.26. The minimum atomic E-state index is -3.70. The number of pyridine rings is 1. The van der Waals surface area contributed by atoms with Gasteiger partial charge in [0.15, 0.2) is 11.6 Å². The summed E-state index contributed by atoms with van der Waals surface area (Å²) in [6, 6.07) is 6.41. The van der Waals surface area contributed by atoms with Crippen LogP contribution in [0.3, 0.4) is 0 Å². The van der Waals surface area contributed by atoms with E-state index >= 15 is 0 Å². The van der Waals surface area contributed by atoms with Crippen LogP contribution in [0.2, 0.25) is 0 Å². The number of benzene rings is 1. The number of rotatable bonds is 8. The number of aromatic nitrogens is 1. The standard InChI is InChI=1S/C17H19F2N3O3S/c1-26(24,25)22(14-4-5-15(18)16(19)11-14)10-2-3-17(23)21-12-13-6-8-20-9-7-13/h4-9,11H,2-3,10,12H2,1H3,(H,21,23). The summed E-state index contributed by atoms with van der Waals surface area (Å²) in [5, 5.41) is 2.72. The van der Waals surface area contributed by atoms with Crippen LogP contribution in [0.15, 0.2) is 42.7 Å². The number of nitrogens with one attached hydrogen (secondary N) is 1. The van der Waals surface area contributed by atoms with E-state index in [1.807, 2.05) is 0 Å². The molecule has 0 fully saturated rings. The first-order valence-electron chi connectivity index (χ1n) is 7.86. The molecule has 0 spiro atoms. The zero-order chi connectivity index (χ0) is 19.2. The van der Waals surface area contributed by atoms with Crippen molar-refractivity contribution in [1.82, 2.24) is 10.3 Å². The van der Waals surface area contributed by atoms with E-state index in [4.69, 9.17) is 0 Å². The predicted molar refractivity (Wildman–Crippen MR) is 93.9 cm³/mol. The molecule has 1 aromatic carbocycles. The third kappa shape index (κ3) is 5.76. The second-order valence-electron chi connectivity index (χ2n) is 5.67. The average Bonchev–Trinajstić information content (AvgIpc) is 2.59. The fourth-order valence-electron chi connectivity index (χ4n) is 2.30. The Balaban J connectivity index is 1.91. The largest absolute Gasteiger partial charge is 0.352 e. The third-order valence-corrected chi connectivity index (χ3v) is 4.79. The van der Waals surface area contributed by atoms with Gasteiger partial charge >= 0.3 is 0 Å². The number of nitrogens with zero attached hydrogens (tertiary/aromatic N) is 2. The monoisotopic (exact) mass is 383 g/mol. The summed E-state index contributed by atoms with van der Waals surface area (Å²) in [6.07, 6.45) is 4.54. The minimum Gasteiger partial charge on any atom is -0.352 e. The van der Waals surface area contributed by atoms with Gasteiger partial charge in [-0.1, -0.05) is 0 Å². The molecule has 1 heterocycles. The van der Waals surface area contributed by atoms with Crippen molar-refractivity contribution >= 4 is 21.6 Å². The Morgan fingerprint density at radius 3 is 2.46 bits per heavy atom. The van der Waals surface area contributed by atoms with Gasteiger partial charge in [0.05, 0.1) is 11.9 Å². The first-order chi connectivity index (χ1) is 12.3. The van der Waals surface area contributed by atoms with Gasteiger partial charge in [0.25, 0.3) is 0 Å². The zero-order valence-corrected chi connectivity index (χ0v) is 15.0. The lowest BCUT2D eigenvalue weighted by atomic mass is 10.2. The van der Waals surface area contributed by atoms with Crippen molar-refractivity contribution < 1.29 is 22.0 Å². The Hall–Kier alpha value is -2.55. The van der Waals surface area contributed by atoms with Gasteiger partial charge in [-0.25, -0.2) is 17.2 Å². The topological polar surface area (TPSA) is 79.4 Å². The van der Waals surface area contributed by atoms with Crippen molar-refractivity contribution in [2.75, 3.05) is 17.1 Å². The number of halogens is 2. The van der Waals surface area contributed by atoms with Crippen LogP contribution in [0.1, 0.15) is 18.4 Å². The molecule has 6 nitrogen and oxygen atoms in total. The maximum atomic E-state index is 13.4. The van der Waals surface area contributed by atoms with E-state index in [1.54, 1.807) is 24.5 Å². The number of anilines is 1. The minimum absolute atomic E-state index is 0.0172. The molecular formula is C17H19F2N3O3S. The highest BCUT2D eigenvalue weighted by Crippen LogP contribution is 2.21. The number of amides is 1. The Labute approximate surface area is 150 Å². The van der Waals surface area contributed by atoms with Gasteiger partial charge in [-0.15, -0.1) is 0 Å². The quantitative estimate of drug-likeness (QED) is 0.758. The van der Waals surface area contributed by atoms with Gasteiger partial charge in [-0.3, -0.25) is 14.1 Å². The van der Waals surface area contributed by atoms with E-state index < -0.39 is 21.7 Å². The number of carbonyl (C=O) groups is 1. The first-order valence-corrected chi connectivity index (χ1v) is 9.70. The van der Waals surface area contributed by atoms with Crippen molar-refractivity contribution in [3.05, 3.63) is 59.9 Å². The SMILES string of the molecule is CS(=O)(=O)N(CCCC(=O)NCc1ccncc1)c1ccc(F)c(F)c1. The average molecular weight is 383 g/mol. The molecule has 26 heavy (non-hydrogen) atoms. The second-order valence-corrected chi connectivity index (χ2v) is 7.58. The van der Waals surface area contributed by atoms with E-state index in [9.17, 15) is 22.0 Å². The van der Waals surface area contributed by atoms with Crippen LogP contribution in [-0.4, -0.2) is 32.1 Å². The van der Waals surface area contributed by atoms with E-state index in [0.717, 1.165) is 28.3 Å². The number of hydrogen-bond donors (Lipinski definition) is 1. The fraction of sp³-hybridized carbons (Fsp3) is 0.294. The number of carbonyl (C=O) groups excluding carboxylic acids is 1. The van der Waals surface area contributed by atoms with Crippen molar-refractivity contribution in [1.29, 1.82) is 0 Å². The van der Waals surface area contributed by atoms with E-state index in [1.165, 1.54) is 6.07 Å². The number of sulfonamides is 1. The maximum absolute atomic E-state index is 13.4. The molecule has 2 aromatic rings. The molecule has 0 aliphatic rings. The highest BCUT2D eigenvalue weighted by molar-refractivity contribution is 7.92. The summed E-state index contributed by atoms with van der Waals surface area (Å²) < 4.78 is 51.2. The lowest BCUT2D eigenvalue weighted by molar-refractivity contribution is -0.121. The third-order valence-electron chi connectivity index (χ3n) is 3.60. The summed E-state index contributed by atoms with van der Waals surface area (Å²) >= 11 is 0. The van der Waals surface area contributed by atoms with Crippen LogP contribution < -0.4 is 9.62 Å². The molecule has 1 N–H and O–H groups in total. The predicted octanol–water partition coefficient (Wildman–Crippen LogP) is 2.22. The summed E-state index contributed by atoms with van der Waals surface area (Å²) in [5.41, 5.74) is 0.913. The molecule has 0 atom stereocenters. The zero-order valence-electron chi connectivity index (χ0n) is 14.2. The van der Waals surface area contributed by atoms with E-state index in [-0.39, 0.29) is 31.0 Å². The molecular weight excluding hydrogens is 364 g/mol. The number of hydrogen-bond acceptors (Lipinski definition) is 4. The highest BCUT2D eigenvalue weighted by atomic mass is 32.2. The summed E-state index contributed by atoms with van der Waals surface area (Å²) in [4.78, 5) is 15.8. The Morgan fingerprint density at radius 2 is 1.85 bits per heavy atom. The van der Waals surface area contributed by atoms with Crippen molar-refractivity contribution in [3.63, 3.8) is 0 Å². The van der Waals surface area contributed by atoms with Crippen molar-refractivity contribution in [2.24, 2.45) is 0 Å². The smallest absolute Gasteiger partial charge is 0.232 e. The van der Waals surface area contributed by atoms with E-state index in [0.29, 0.717) is 6.54 Å². The lowest BCUT2D eigenvalue weighted by Crippen LogP contribution is -2.32.